The smallest absolute Gasteiger partial charge is 0.295 e. The molecule has 3 rings (SSSR count). The van der Waals surface area contributed by atoms with E-state index in [1.54, 1.807) is 23.1 Å². The monoisotopic (exact) mass is 478 g/mol. The van der Waals surface area contributed by atoms with Gasteiger partial charge in [-0.1, -0.05) is 45.0 Å². The number of likely N-dealkylation sites (tertiary alicyclic amines) is 1. The van der Waals surface area contributed by atoms with Crippen LogP contribution in [0.15, 0.2) is 48.0 Å². The second-order valence-electron chi connectivity index (χ2n) is 9.80. The largest absolute Gasteiger partial charge is 0.507 e. The molecule has 6 heteroatoms. The van der Waals surface area contributed by atoms with Crippen molar-refractivity contribution in [2.45, 2.75) is 52.5 Å². The van der Waals surface area contributed by atoms with E-state index in [2.05, 4.69) is 13.8 Å². The predicted molar refractivity (Wildman–Crippen MR) is 140 cm³/mol. The Hall–Kier alpha value is -3.12. The van der Waals surface area contributed by atoms with E-state index in [-0.39, 0.29) is 11.3 Å². The fraction of sp³-hybridized carbons (Fsp3) is 0.448. The summed E-state index contributed by atoms with van der Waals surface area (Å²) in [6.07, 6.45) is 1.62. The molecule has 1 N–H and O–H groups in total. The summed E-state index contributed by atoms with van der Waals surface area (Å²) >= 11 is 0. The van der Waals surface area contributed by atoms with Gasteiger partial charge in [-0.3, -0.25) is 9.59 Å². The molecule has 0 saturated carbocycles. The maximum atomic E-state index is 13.2. The van der Waals surface area contributed by atoms with Crippen LogP contribution in [-0.2, 0) is 9.59 Å². The van der Waals surface area contributed by atoms with Crippen LogP contribution in [0.1, 0.15) is 67.8 Å². The van der Waals surface area contributed by atoms with Crippen LogP contribution in [0.3, 0.4) is 0 Å². The van der Waals surface area contributed by atoms with E-state index < -0.39 is 17.7 Å². The summed E-state index contributed by atoms with van der Waals surface area (Å²) < 4.78 is 5.75. The Balaban J connectivity index is 2.06. The lowest BCUT2D eigenvalue weighted by Gasteiger charge is -2.26. The Labute approximate surface area is 209 Å². The number of carbonyl (C=O) groups excluding carboxylic acids is 2. The van der Waals surface area contributed by atoms with Gasteiger partial charge in [0, 0.05) is 12.1 Å². The molecule has 0 bridgehead atoms. The number of hydrogen-bond donors (Lipinski definition) is 1. The van der Waals surface area contributed by atoms with Crippen molar-refractivity contribution in [1.82, 2.24) is 9.80 Å². The van der Waals surface area contributed by atoms with E-state index in [1.807, 2.05) is 57.1 Å². The molecule has 1 unspecified atom stereocenters. The third-order valence-electron chi connectivity index (χ3n) is 6.37. The summed E-state index contributed by atoms with van der Waals surface area (Å²) in [5.74, 6) is -0.251. The fourth-order valence-electron chi connectivity index (χ4n) is 4.40. The van der Waals surface area contributed by atoms with Gasteiger partial charge in [-0.2, -0.15) is 0 Å². The molecule has 188 valence electrons. The second-order valence-corrected chi connectivity index (χ2v) is 9.80. The molecular formula is C29H38N2O4. The number of benzene rings is 2. The molecule has 1 aliphatic heterocycles. The standard InChI is InChI=1S/C29H38N2O4/c1-7-17-35-24-14-13-23(18-20(24)4)27(32)25-26(22-11-9-21(10-12-22)19(2)3)31(29(34)28(25)33)16-8-15-30(5)6/h9-14,18-19,26,32H,7-8,15-17H2,1-6H3. The van der Waals surface area contributed by atoms with Crippen molar-refractivity contribution in [3.63, 3.8) is 0 Å². The van der Waals surface area contributed by atoms with Crippen molar-refractivity contribution in [2.75, 3.05) is 33.8 Å². The minimum absolute atomic E-state index is 0.138. The van der Waals surface area contributed by atoms with Crippen LogP contribution in [0.5, 0.6) is 5.75 Å². The normalized spacial score (nSPS) is 17.6. The molecule has 6 nitrogen and oxygen atoms in total. The van der Waals surface area contributed by atoms with Crippen molar-refractivity contribution >= 4 is 17.4 Å². The molecule has 35 heavy (non-hydrogen) atoms. The Morgan fingerprint density at radius 1 is 1.11 bits per heavy atom. The van der Waals surface area contributed by atoms with Crippen molar-refractivity contribution in [2.24, 2.45) is 0 Å². The molecule has 0 aliphatic carbocycles. The van der Waals surface area contributed by atoms with Crippen molar-refractivity contribution in [3.05, 3.63) is 70.3 Å². The quantitative estimate of drug-likeness (QED) is 0.286. The number of hydrogen-bond acceptors (Lipinski definition) is 5. The molecule has 2 aromatic rings. The first-order valence-electron chi connectivity index (χ1n) is 12.4. The first-order chi connectivity index (χ1) is 16.6. The number of amides is 1. The highest BCUT2D eigenvalue weighted by atomic mass is 16.5. The van der Waals surface area contributed by atoms with Gasteiger partial charge in [0.2, 0.25) is 0 Å². The van der Waals surface area contributed by atoms with Gasteiger partial charge in [-0.15, -0.1) is 0 Å². The average molecular weight is 479 g/mol. The Morgan fingerprint density at radius 2 is 1.80 bits per heavy atom. The first-order valence-corrected chi connectivity index (χ1v) is 12.4. The Bertz CT molecular complexity index is 1090. The highest BCUT2D eigenvalue weighted by molar-refractivity contribution is 6.46. The number of aliphatic hydroxyl groups excluding tert-OH is 1. The molecule has 1 amide bonds. The van der Waals surface area contributed by atoms with Crippen LogP contribution in [0.2, 0.25) is 0 Å². The lowest BCUT2D eigenvalue weighted by molar-refractivity contribution is -0.139. The van der Waals surface area contributed by atoms with E-state index >= 15 is 0 Å². The summed E-state index contributed by atoms with van der Waals surface area (Å²) in [5.41, 5.74) is 3.50. The lowest BCUT2D eigenvalue weighted by Crippen LogP contribution is -2.32. The molecule has 1 fully saturated rings. The zero-order valence-corrected chi connectivity index (χ0v) is 21.8. The van der Waals surface area contributed by atoms with E-state index in [0.29, 0.717) is 24.6 Å². The average Bonchev–Trinajstić information content (AvgIpc) is 3.07. The van der Waals surface area contributed by atoms with Gasteiger partial charge in [0.05, 0.1) is 18.2 Å². The number of ketones is 1. The molecule has 1 atom stereocenters. The zero-order chi connectivity index (χ0) is 25.7. The van der Waals surface area contributed by atoms with Gasteiger partial charge in [-0.25, -0.2) is 0 Å². The van der Waals surface area contributed by atoms with Gasteiger partial charge in [0.15, 0.2) is 0 Å². The topological polar surface area (TPSA) is 70.1 Å². The van der Waals surface area contributed by atoms with Gasteiger partial charge in [0.1, 0.15) is 11.5 Å². The highest BCUT2D eigenvalue weighted by Gasteiger charge is 2.45. The summed E-state index contributed by atoms with van der Waals surface area (Å²) in [4.78, 5) is 30.0. The fourth-order valence-corrected chi connectivity index (χ4v) is 4.40. The molecule has 1 aliphatic rings. The van der Waals surface area contributed by atoms with Gasteiger partial charge >= 0.3 is 0 Å². The van der Waals surface area contributed by atoms with E-state index in [4.69, 9.17) is 4.74 Å². The maximum absolute atomic E-state index is 13.2. The van der Waals surface area contributed by atoms with Gasteiger partial charge in [0.25, 0.3) is 11.7 Å². The second kappa shape index (κ2) is 11.5. The van der Waals surface area contributed by atoms with Crippen molar-refractivity contribution < 1.29 is 19.4 Å². The molecule has 1 saturated heterocycles. The maximum Gasteiger partial charge on any atom is 0.295 e. The SMILES string of the molecule is CCCOc1ccc(C(O)=C2C(=O)C(=O)N(CCCN(C)C)C2c2ccc(C(C)C)cc2)cc1C. The van der Waals surface area contributed by atoms with E-state index in [0.717, 1.165) is 36.3 Å². The Kier molecular flexibility index (Phi) is 8.73. The third kappa shape index (κ3) is 5.93. The highest BCUT2D eigenvalue weighted by Crippen LogP contribution is 2.40. The molecule has 0 spiro atoms. The van der Waals surface area contributed by atoms with Crippen molar-refractivity contribution in [1.29, 1.82) is 0 Å². The van der Waals surface area contributed by atoms with Crippen LogP contribution in [0.4, 0.5) is 0 Å². The van der Waals surface area contributed by atoms with Crippen LogP contribution in [0, 0.1) is 6.92 Å². The summed E-state index contributed by atoms with van der Waals surface area (Å²) in [6, 6.07) is 12.7. The van der Waals surface area contributed by atoms with Gasteiger partial charge in [-0.05, 0) is 81.2 Å². The summed E-state index contributed by atoms with van der Waals surface area (Å²) in [6.45, 7) is 10.0. The van der Waals surface area contributed by atoms with Crippen LogP contribution < -0.4 is 4.74 Å². The van der Waals surface area contributed by atoms with Crippen LogP contribution in [-0.4, -0.2) is 60.4 Å². The van der Waals surface area contributed by atoms with E-state index in [1.165, 1.54) is 5.56 Å². The number of carbonyl (C=O) groups is 2. The number of Topliss-reactive ketones (excluding diaryl/α,β-unsaturated/α-hetero) is 1. The number of ether oxygens (including phenoxy) is 1. The number of aliphatic hydroxyl groups is 1. The Morgan fingerprint density at radius 3 is 2.37 bits per heavy atom. The van der Waals surface area contributed by atoms with Crippen LogP contribution >= 0.6 is 0 Å². The number of nitrogens with zero attached hydrogens (tertiary/aromatic N) is 2. The number of rotatable bonds is 10. The van der Waals surface area contributed by atoms with Crippen LogP contribution in [0.25, 0.3) is 5.76 Å². The summed E-state index contributed by atoms with van der Waals surface area (Å²) in [7, 11) is 3.96. The molecular weight excluding hydrogens is 440 g/mol. The first kappa shape index (κ1) is 26.5. The molecule has 2 aromatic carbocycles. The molecule has 0 aromatic heterocycles. The molecule has 1 heterocycles. The van der Waals surface area contributed by atoms with Gasteiger partial charge < -0.3 is 19.6 Å². The van der Waals surface area contributed by atoms with E-state index in [9.17, 15) is 14.7 Å². The zero-order valence-electron chi connectivity index (χ0n) is 21.8. The number of aryl methyl sites for hydroxylation is 1. The predicted octanol–water partition coefficient (Wildman–Crippen LogP) is 5.28. The van der Waals surface area contributed by atoms with Crippen molar-refractivity contribution in [3.8, 4) is 5.75 Å². The summed E-state index contributed by atoms with van der Waals surface area (Å²) in [5, 5.41) is 11.3. The molecule has 0 radical (unpaired) electrons. The minimum Gasteiger partial charge on any atom is -0.507 e. The lowest BCUT2D eigenvalue weighted by atomic mass is 9.93. The third-order valence-corrected chi connectivity index (χ3v) is 6.37. The minimum atomic E-state index is -0.644.